The van der Waals surface area contributed by atoms with Gasteiger partial charge in [-0.15, -0.1) is 0 Å². The molecule has 78 valence electrons. The number of hydrogen-bond acceptors (Lipinski definition) is 3. The molecule has 0 aliphatic rings. The maximum absolute atomic E-state index is 10.9. The van der Waals surface area contributed by atoms with Gasteiger partial charge in [-0.2, -0.15) is 0 Å². The normalized spacial score (nSPS) is 15.8. The summed E-state index contributed by atoms with van der Waals surface area (Å²) in [5, 5.41) is 0. The van der Waals surface area contributed by atoms with Gasteiger partial charge in [0.1, 0.15) is 0 Å². The first-order valence-corrected chi connectivity index (χ1v) is 4.58. The Morgan fingerprint density at radius 1 is 1.54 bits per heavy atom. The average Bonchev–Trinajstić information content (AvgIpc) is 2.05. The molecule has 4 heteroatoms. The zero-order valence-corrected chi connectivity index (χ0v) is 8.91. The van der Waals surface area contributed by atoms with Crippen LogP contribution in [0.4, 0.5) is 0 Å². The molecule has 0 aromatic heterocycles. The number of nitrogens with two attached hydrogens (primary N) is 1. The first-order valence-electron chi connectivity index (χ1n) is 4.58. The number of carbonyl (C=O) groups is 1. The average molecular weight is 188 g/mol. The lowest BCUT2D eigenvalue weighted by molar-refractivity contribution is -0.123. The molecule has 0 radical (unpaired) electrons. The second-order valence-corrected chi connectivity index (χ2v) is 3.21. The standard InChI is InChI=1S/C9H20N2O2/c1-5-11(7(2)6-13-4)8(3)9(10)12/h7-8H,5-6H2,1-4H3,(H2,10,12). The maximum Gasteiger partial charge on any atom is 0.234 e. The van der Waals surface area contributed by atoms with Gasteiger partial charge in [-0.1, -0.05) is 6.92 Å². The van der Waals surface area contributed by atoms with Crippen LogP contribution in [-0.2, 0) is 9.53 Å². The van der Waals surface area contributed by atoms with Crippen molar-refractivity contribution < 1.29 is 9.53 Å². The molecule has 1 amide bonds. The molecular formula is C9H20N2O2. The minimum Gasteiger partial charge on any atom is -0.383 e. The summed E-state index contributed by atoms with van der Waals surface area (Å²) in [4.78, 5) is 13.0. The maximum atomic E-state index is 10.9. The van der Waals surface area contributed by atoms with Crippen LogP contribution in [0.15, 0.2) is 0 Å². The highest BCUT2D eigenvalue weighted by Crippen LogP contribution is 2.05. The number of nitrogens with zero attached hydrogens (tertiary/aromatic N) is 1. The van der Waals surface area contributed by atoms with E-state index in [1.54, 1.807) is 7.11 Å². The third kappa shape index (κ3) is 3.74. The molecule has 2 N–H and O–H groups in total. The number of amides is 1. The molecule has 0 fully saturated rings. The van der Waals surface area contributed by atoms with E-state index in [0.717, 1.165) is 6.54 Å². The van der Waals surface area contributed by atoms with E-state index in [1.807, 2.05) is 25.7 Å². The van der Waals surface area contributed by atoms with Crippen molar-refractivity contribution in [3.63, 3.8) is 0 Å². The van der Waals surface area contributed by atoms with Crippen molar-refractivity contribution in [1.82, 2.24) is 4.90 Å². The highest BCUT2D eigenvalue weighted by atomic mass is 16.5. The van der Waals surface area contributed by atoms with Gasteiger partial charge in [0.25, 0.3) is 0 Å². The van der Waals surface area contributed by atoms with Gasteiger partial charge < -0.3 is 10.5 Å². The Labute approximate surface area is 80.0 Å². The van der Waals surface area contributed by atoms with Crippen LogP contribution < -0.4 is 5.73 Å². The summed E-state index contributed by atoms with van der Waals surface area (Å²) in [6.45, 7) is 7.26. The van der Waals surface area contributed by atoms with Crippen molar-refractivity contribution in [2.45, 2.75) is 32.9 Å². The summed E-state index contributed by atoms with van der Waals surface area (Å²) >= 11 is 0. The highest BCUT2D eigenvalue weighted by molar-refractivity contribution is 5.79. The molecule has 0 heterocycles. The summed E-state index contributed by atoms with van der Waals surface area (Å²) in [6, 6.07) is -0.00681. The molecule has 0 saturated heterocycles. The molecule has 0 aromatic rings. The van der Waals surface area contributed by atoms with E-state index < -0.39 is 0 Å². The molecular weight excluding hydrogens is 168 g/mol. The monoisotopic (exact) mass is 188 g/mol. The van der Waals surface area contributed by atoms with Crippen LogP contribution >= 0.6 is 0 Å². The second kappa shape index (κ2) is 5.94. The van der Waals surface area contributed by atoms with Crippen LogP contribution in [0.2, 0.25) is 0 Å². The van der Waals surface area contributed by atoms with E-state index in [0.29, 0.717) is 6.61 Å². The fourth-order valence-electron chi connectivity index (χ4n) is 1.47. The van der Waals surface area contributed by atoms with Crippen LogP contribution in [0.25, 0.3) is 0 Å². The number of rotatable bonds is 6. The molecule has 4 nitrogen and oxygen atoms in total. The predicted octanol–water partition coefficient (Wildman–Crippen LogP) is 0.217. The van der Waals surface area contributed by atoms with Crippen molar-refractivity contribution in [2.75, 3.05) is 20.3 Å². The van der Waals surface area contributed by atoms with Crippen molar-refractivity contribution in [3.8, 4) is 0 Å². The van der Waals surface area contributed by atoms with Crippen molar-refractivity contribution >= 4 is 5.91 Å². The molecule has 2 atom stereocenters. The van der Waals surface area contributed by atoms with Crippen molar-refractivity contribution in [2.24, 2.45) is 5.73 Å². The van der Waals surface area contributed by atoms with E-state index >= 15 is 0 Å². The summed E-state index contributed by atoms with van der Waals surface area (Å²) in [7, 11) is 1.65. The fraction of sp³-hybridized carbons (Fsp3) is 0.889. The van der Waals surface area contributed by atoms with Crippen LogP contribution in [0.5, 0.6) is 0 Å². The number of ether oxygens (including phenoxy) is 1. The molecule has 0 aliphatic heterocycles. The van der Waals surface area contributed by atoms with Gasteiger partial charge in [0.2, 0.25) is 5.91 Å². The quantitative estimate of drug-likeness (QED) is 0.648. The van der Waals surface area contributed by atoms with E-state index in [4.69, 9.17) is 10.5 Å². The Balaban J connectivity index is 4.22. The van der Waals surface area contributed by atoms with Gasteiger partial charge in [-0.3, -0.25) is 9.69 Å². The Morgan fingerprint density at radius 3 is 2.38 bits per heavy atom. The second-order valence-electron chi connectivity index (χ2n) is 3.21. The van der Waals surface area contributed by atoms with Crippen LogP contribution in [0, 0.1) is 0 Å². The number of hydrogen-bond donors (Lipinski definition) is 1. The zero-order chi connectivity index (χ0) is 10.4. The third-order valence-electron chi connectivity index (χ3n) is 2.25. The molecule has 0 aliphatic carbocycles. The lowest BCUT2D eigenvalue weighted by atomic mass is 10.2. The molecule has 0 saturated carbocycles. The number of likely N-dealkylation sites (N-methyl/N-ethyl adjacent to an activating group) is 1. The van der Waals surface area contributed by atoms with Gasteiger partial charge in [0, 0.05) is 13.2 Å². The largest absolute Gasteiger partial charge is 0.383 e. The van der Waals surface area contributed by atoms with E-state index in [2.05, 4.69) is 0 Å². The fourth-order valence-corrected chi connectivity index (χ4v) is 1.47. The van der Waals surface area contributed by atoms with E-state index in [9.17, 15) is 4.79 Å². The molecule has 0 bridgehead atoms. The first-order chi connectivity index (χ1) is 6.04. The molecule has 0 spiro atoms. The van der Waals surface area contributed by atoms with Gasteiger partial charge >= 0.3 is 0 Å². The highest BCUT2D eigenvalue weighted by Gasteiger charge is 2.21. The third-order valence-corrected chi connectivity index (χ3v) is 2.25. The summed E-state index contributed by atoms with van der Waals surface area (Å²) in [5.74, 6) is -0.287. The Morgan fingerprint density at radius 2 is 2.08 bits per heavy atom. The van der Waals surface area contributed by atoms with Crippen LogP contribution in [0.1, 0.15) is 20.8 Å². The lowest BCUT2D eigenvalue weighted by Gasteiger charge is -2.31. The smallest absolute Gasteiger partial charge is 0.234 e. The van der Waals surface area contributed by atoms with Gasteiger partial charge in [0.15, 0.2) is 0 Å². The van der Waals surface area contributed by atoms with Gasteiger partial charge in [-0.05, 0) is 20.4 Å². The predicted molar refractivity (Wildman–Crippen MR) is 52.4 cm³/mol. The van der Waals surface area contributed by atoms with Gasteiger partial charge in [-0.25, -0.2) is 0 Å². The van der Waals surface area contributed by atoms with E-state index in [-0.39, 0.29) is 18.0 Å². The SMILES string of the molecule is CCN(C(C)COC)C(C)C(N)=O. The Kier molecular flexibility index (Phi) is 5.66. The zero-order valence-electron chi connectivity index (χ0n) is 8.91. The van der Waals surface area contributed by atoms with Crippen molar-refractivity contribution in [3.05, 3.63) is 0 Å². The molecule has 13 heavy (non-hydrogen) atoms. The Bertz CT molecular complexity index is 162. The first kappa shape index (κ1) is 12.4. The minimum atomic E-state index is -0.287. The lowest BCUT2D eigenvalue weighted by Crippen LogP contribution is -2.48. The van der Waals surface area contributed by atoms with Crippen molar-refractivity contribution in [1.29, 1.82) is 0 Å². The summed E-state index contributed by atoms with van der Waals surface area (Å²) in [5.41, 5.74) is 5.22. The molecule has 2 unspecified atom stereocenters. The summed E-state index contributed by atoms with van der Waals surface area (Å²) < 4.78 is 5.02. The number of methoxy groups -OCH3 is 1. The van der Waals surface area contributed by atoms with Gasteiger partial charge in [0.05, 0.1) is 12.6 Å². The Hall–Kier alpha value is -0.610. The molecule has 0 rings (SSSR count). The summed E-state index contributed by atoms with van der Waals surface area (Å²) in [6.07, 6.45) is 0. The number of primary amides is 1. The van der Waals surface area contributed by atoms with Crippen LogP contribution in [-0.4, -0.2) is 43.2 Å². The number of carbonyl (C=O) groups excluding carboxylic acids is 1. The van der Waals surface area contributed by atoms with Crippen LogP contribution in [0.3, 0.4) is 0 Å². The van der Waals surface area contributed by atoms with E-state index in [1.165, 1.54) is 0 Å². The minimum absolute atomic E-state index is 0.220. The molecule has 0 aromatic carbocycles. The topological polar surface area (TPSA) is 55.6 Å².